The van der Waals surface area contributed by atoms with E-state index in [9.17, 15) is 4.79 Å². The van der Waals surface area contributed by atoms with Gasteiger partial charge in [0, 0.05) is 6.54 Å². The molecule has 0 bridgehead atoms. The SMILES string of the molecule is COc1ccc(CNC(=O)[C@H](C)[NH+]2CCC(Cc3ccccc3)CC2)cc1. The van der Waals surface area contributed by atoms with E-state index in [2.05, 4.69) is 42.6 Å². The summed E-state index contributed by atoms with van der Waals surface area (Å²) in [7, 11) is 1.66. The molecule has 2 N–H and O–H groups in total. The summed E-state index contributed by atoms with van der Waals surface area (Å²) in [4.78, 5) is 14.0. The third-order valence-corrected chi connectivity index (χ3v) is 5.75. The largest absolute Gasteiger partial charge is 0.497 e. The molecule has 144 valence electrons. The smallest absolute Gasteiger partial charge is 0.278 e. The highest BCUT2D eigenvalue weighted by atomic mass is 16.5. The average molecular weight is 368 g/mol. The van der Waals surface area contributed by atoms with E-state index in [-0.39, 0.29) is 11.9 Å². The van der Waals surface area contributed by atoms with Crippen molar-refractivity contribution in [1.82, 2.24) is 5.32 Å². The van der Waals surface area contributed by atoms with Crippen LogP contribution in [-0.2, 0) is 17.8 Å². The summed E-state index contributed by atoms with van der Waals surface area (Å²) in [6, 6.07) is 18.6. The molecule has 0 radical (unpaired) electrons. The third-order valence-electron chi connectivity index (χ3n) is 5.75. The number of carbonyl (C=O) groups excluding carboxylic acids is 1. The summed E-state index contributed by atoms with van der Waals surface area (Å²) in [5.74, 6) is 1.72. The summed E-state index contributed by atoms with van der Waals surface area (Å²) in [5, 5.41) is 3.08. The molecule has 2 aromatic rings. The maximum absolute atomic E-state index is 12.6. The molecule has 0 aliphatic carbocycles. The molecule has 1 atom stereocenters. The highest BCUT2D eigenvalue weighted by Crippen LogP contribution is 2.16. The van der Waals surface area contributed by atoms with E-state index in [0.29, 0.717) is 6.54 Å². The van der Waals surface area contributed by atoms with Gasteiger partial charge in [-0.2, -0.15) is 0 Å². The monoisotopic (exact) mass is 367 g/mol. The fourth-order valence-electron chi connectivity index (χ4n) is 3.90. The topological polar surface area (TPSA) is 42.8 Å². The number of amides is 1. The molecule has 0 unspecified atom stereocenters. The molecule has 1 aliphatic heterocycles. The van der Waals surface area contributed by atoms with Crippen molar-refractivity contribution in [2.45, 2.75) is 38.8 Å². The lowest BCUT2D eigenvalue weighted by Gasteiger charge is -2.32. The van der Waals surface area contributed by atoms with Gasteiger partial charge in [-0.3, -0.25) is 4.79 Å². The average Bonchev–Trinajstić information content (AvgIpc) is 2.73. The summed E-state index contributed by atoms with van der Waals surface area (Å²) >= 11 is 0. The third kappa shape index (κ3) is 5.57. The fraction of sp³-hybridized carbons (Fsp3) is 0.435. The standard InChI is InChI=1S/C23H30N2O2/c1-18(23(26)24-17-21-8-10-22(27-2)11-9-21)25-14-12-20(13-15-25)16-19-6-4-3-5-7-19/h3-11,18,20H,12-17H2,1-2H3,(H,24,26)/p+1/t18-/m0/s1. The number of nitrogens with one attached hydrogen (secondary N) is 2. The maximum Gasteiger partial charge on any atom is 0.278 e. The first kappa shape index (κ1) is 19.4. The van der Waals surface area contributed by atoms with Gasteiger partial charge in [0.05, 0.1) is 20.2 Å². The first-order chi connectivity index (χ1) is 13.2. The van der Waals surface area contributed by atoms with Crippen LogP contribution in [0.4, 0.5) is 0 Å². The van der Waals surface area contributed by atoms with E-state index in [1.54, 1.807) is 7.11 Å². The van der Waals surface area contributed by atoms with Gasteiger partial charge in [-0.1, -0.05) is 42.5 Å². The summed E-state index contributed by atoms with van der Waals surface area (Å²) < 4.78 is 5.17. The van der Waals surface area contributed by atoms with Crippen LogP contribution >= 0.6 is 0 Å². The van der Waals surface area contributed by atoms with Crippen LogP contribution < -0.4 is 15.0 Å². The van der Waals surface area contributed by atoms with Crippen molar-refractivity contribution in [3.05, 3.63) is 65.7 Å². The molecule has 27 heavy (non-hydrogen) atoms. The lowest BCUT2D eigenvalue weighted by molar-refractivity contribution is -0.920. The van der Waals surface area contributed by atoms with Crippen LogP contribution in [0.2, 0.25) is 0 Å². The van der Waals surface area contributed by atoms with Gasteiger partial charge in [-0.15, -0.1) is 0 Å². The molecule has 1 amide bonds. The van der Waals surface area contributed by atoms with Crippen molar-refractivity contribution in [2.24, 2.45) is 5.92 Å². The van der Waals surface area contributed by atoms with Gasteiger partial charge in [0.2, 0.25) is 0 Å². The number of carbonyl (C=O) groups is 1. The van der Waals surface area contributed by atoms with Gasteiger partial charge in [0.25, 0.3) is 5.91 Å². The number of piperidine rings is 1. The summed E-state index contributed by atoms with van der Waals surface area (Å²) in [6.07, 6.45) is 3.55. The highest BCUT2D eigenvalue weighted by molar-refractivity contribution is 5.79. The predicted molar refractivity (Wildman–Crippen MR) is 108 cm³/mol. The Morgan fingerprint density at radius 1 is 1.07 bits per heavy atom. The first-order valence-electron chi connectivity index (χ1n) is 9.95. The van der Waals surface area contributed by atoms with E-state index < -0.39 is 0 Å². The van der Waals surface area contributed by atoms with Crippen LogP contribution in [0.5, 0.6) is 5.75 Å². The van der Waals surface area contributed by atoms with E-state index >= 15 is 0 Å². The summed E-state index contributed by atoms with van der Waals surface area (Å²) in [5.41, 5.74) is 2.52. The number of quaternary nitrogens is 1. The number of likely N-dealkylation sites (tertiary alicyclic amines) is 1. The molecule has 1 aliphatic rings. The van der Waals surface area contributed by atoms with E-state index in [4.69, 9.17) is 4.74 Å². The van der Waals surface area contributed by atoms with Crippen molar-refractivity contribution in [3.63, 3.8) is 0 Å². The van der Waals surface area contributed by atoms with Gasteiger partial charge in [-0.25, -0.2) is 0 Å². The Hall–Kier alpha value is -2.33. The maximum atomic E-state index is 12.6. The number of methoxy groups -OCH3 is 1. The zero-order valence-electron chi connectivity index (χ0n) is 16.4. The molecular weight excluding hydrogens is 336 g/mol. The van der Waals surface area contributed by atoms with E-state index in [1.165, 1.54) is 23.3 Å². The number of ether oxygens (including phenoxy) is 1. The Balaban J connectivity index is 1.42. The zero-order valence-corrected chi connectivity index (χ0v) is 16.4. The summed E-state index contributed by atoms with van der Waals surface area (Å²) in [6.45, 7) is 4.77. The molecule has 4 nitrogen and oxygen atoms in total. The molecule has 4 heteroatoms. The Kier molecular flexibility index (Phi) is 6.88. The van der Waals surface area contributed by atoms with Gasteiger partial charge in [0.15, 0.2) is 6.04 Å². The fourth-order valence-corrected chi connectivity index (χ4v) is 3.90. The van der Waals surface area contributed by atoms with Crippen LogP contribution in [0.3, 0.4) is 0 Å². The van der Waals surface area contributed by atoms with E-state index in [0.717, 1.165) is 36.7 Å². The zero-order chi connectivity index (χ0) is 19.1. The Labute approximate surface area is 162 Å². The van der Waals surface area contributed by atoms with Gasteiger partial charge >= 0.3 is 0 Å². The van der Waals surface area contributed by atoms with Crippen molar-refractivity contribution in [2.75, 3.05) is 20.2 Å². The molecule has 0 saturated carbocycles. The molecular formula is C23H31N2O2+. The van der Waals surface area contributed by atoms with Gasteiger partial charge in [0.1, 0.15) is 5.75 Å². The molecule has 0 aromatic heterocycles. The first-order valence-corrected chi connectivity index (χ1v) is 9.95. The minimum Gasteiger partial charge on any atom is -0.497 e. The number of benzene rings is 2. The predicted octanol–water partition coefficient (Wildman–Crippen LogP) is 2.24. The van der Waals surface area contributed by atoms with Gasteiger partial charge in [-0.05, 0) is 55.4 Å². The quantitative estimate of drug-likeness (QED) is 0.788. The molecule has 0 spiro atoms. The van der Waals surface area contributed by atoms with Crippen LogP contribution in [0, 0.1) is 5.92 Å². The van der Waals surface area contributed by atoms with Crippen molar-refractivity contribution < 1.29 is 14.4 Å². The Morgan fingerprint density at radius 3 is 2.37 bits per heavy atom. The second-order valence-electron chi connectivity index (χ2n) is 7.58. The lowest BCUT2D eigenvalue weighted by Crippen LogP contribution is -3.17. The molecule has 1 saturated heterocycles. The highest BCUT2D eigenvalue weighted by Gasteiger charge is 2.29. The number of rotatable bonds is 7. The van der Waals surface area contributed by atoms with Crippen molar-refractivity contribution in [1.29, 1.82) is 0 Å². The normalized spacial score (nSPS) is 20.7. The second-order valence-corrected chi connectivity index (χ2v) is 7.58. The Bertz CT molecular complexity index is 707. The van der Waals surface area contributed by atoms with Crippen LogP contribution in [0.1, 0.15) is 30.9 Å². The van der Waals surface area contributed by atoms with Crippen molar-refractivity contribution >= 4 is 5.91 Å². The van der Waals surface area contributed by atoms with Crippen molar-refractivity contribution in [3.8, 4) is 5.75 Å². The molecule has 1 fully saturated rings. The lowest BCUT2D eigenvalue weighted by atomic mass is 9.89. The molecule has 1 heterocycles. The minimum atomic E-state index is 0.000855. The van der Waals surface area contributed by atoms with E-state index in [1.807, 2.05) is 24.3 Å². The van der Waals surface area contributed by atoms with Crippen LogP contribution in [0.25, 0.3) is 0 Å². The van der Waals surface area contributed by atoms with Crippen LogP contribution in [0.15, 0.2) is 54.6 Å². The Morgan fingerprint density at radius 2 is 1.74 bits per heavy atom. The number of hydrogen-bond donors (Lipinski definition) is 2. The number of hydrogen-bond acceptors (Lipinski definition) is 2. The van der Waals surface area contributed by atoms with Crippen LogP contribution in [-0.4, -0.2) is 32.1 Å². The molecule has 2 aromatic carbocycles. The minimum absolute atomic E-state index is 0.000855. The van der Waals surface area contributed by atoms with Gasteiger partial charge < -0.3 is 15.0 Å². The second kappa shape index (κ2) is 9.56. The molecule has 3 rings (SSSR count).